The molecule has 0 aliphatic heterocycles. The van der Waals surface area contributed by atoms with Crippen LogP contribution in [-0.4, -0.2) is 31.0 Å². The van der Waals surface area contributed by atoms with Gasteiger partial charge in [-0.3, -0.25) is 9.78 Å². The van der Waals surface area contributed by atoms with E-state index in [-0.39, 0.29) is 17.6 Å². The van der Waals surface area contributed by atoms with Crippen LogP contribution in [0.1, 0.15) is 20.2 Å². The summed E-state index contributed by atoms with van der Waals surface area (Å²) in [5.74, 6) is 0.474. The number of rotatable bonds is 4. The number of fused-ring (bicyclic) bond motifs is 1. The lowest BCUT2D eigenvalue weighted by Gasteiger charge is -2.06. The number of thiophene rings is 1. The fourth-order valence-corrected chi connectivity index (χ4v) is 3.15. The van der Waals surface area contributed by atoms with Crippen molar-refractivity contribution in [3.63, 3.8) is 0 Å². The fourth-order valence-electron chi connectivity index (χ4n) is 2.14. The van der Waals surface area contributed by atoms with Crippen molar-refractivity contribution in [2.24, 2.45) is 0 Å². The zero-order chi connectivity index (χ0) is 17.1. The maximum atomic E-state index is 11.6. The molecule has 1 aromatic carbocycles. The number of pyridine rings is 1. The zero-order valence-corrected chi connectivity index (χ0v) is 13.8. The van der Waals surface area contributed by atoms with Crippen LogP contribution >= 0.6 is 11.3 Å². The molecular weight excluding hydrogens is 328 g/mol. The van der Waals surface area contributed by atoms with Crippen LogP contribution < -0.4 is 10.1 Å². The van der Waals surface area contributed by atoms with Gasteiger partial charge in [-0.15, -0.1) is 11.3 Å². The Balaban J connectivity index is 1.87. The Bertz CT molecular complexity index is 920. The molecule has 1 amide bonds. The molecule has 2 heterocycles. The first kappa shape index (κ1) is 15.9. The highest BCUT2D eigenvalue weighted by Gasteiger charge is 2.11. The minimum Gasteiger partial charge on any atom is -0.465 e. The van der Waals surface area contributed by atoms with E-state index in [1.54, 1.807) is 31.3 Å². The van der Waals surface area contributed by atoms with Crippen molar-refractivity contribution in [1.82, 2.24) is 10.3 Å². The molecule has 2 aromatic heterocycles. The molecule has 0 aliphatic carbocycles. The lowest BCUT2D eigenvalue weighted by molar-refractivity contribution is 0.0606. The Kier molecular flexibility index (Phi) is 4.43. The number of methoxy groups -OCH3 is 1. The Morgan fingerprint density at radius 1 is 1.12 bits per heavy atom. The molecule has 0 radical (unpaired) electrons. The van der Waals surface area contributed by atoms with E-state index >= 15 is 0 Å². The van der Waals surface area contributed by atoms with E-state index < -0.39 is 0 Å². The molecule has 1 N–H and O–H groups in total. The number of benzene rings is 1. The third kappa shape index (κ3) is 3.21. The van der Waals surface area contributed by atoms with Gasteiger partial charge in [-0.1, -0.05) is 0 Å². The normalized spacial score (nSPS) is 10.4. The number of carbonyl (C=O) groups excluding carboxylic acids is 2. The van der Waals surface area contributed by atoms with Crippen LogP contribution in [-0.2, 0) is 4.74 Å². The van der Waals surface area contributed by atoms with Crippen molar-refractivity contribution in [3.05, 3.63) is 53.2 Å². The topological polar surface area (TPSA) is 77.5 Å². The van der Waals surface area contributed by atoms with E-state index in [2.05, 4.69) is 10.3 Å². The average Bonchev–Trinajstić information content (AvgIpc) is 3.04. The summed E-state index contributed by atoms with van der Waals surface area (Å²) in [4.78, 5) is 27.7. The van der Waals surface area contributed by atoms with Crippen LogP contribution in [0.4, 0.5) is 0 Å². The van der Waals surface area contributed by atoms with Gasteiger partial charge >= 0.3 is 5.97 Å². The molecule has 0 saturated carbocycles. The Labute approximate surface area is 142 Å². The van der Waals surface area contributed by atoms with E-state index in [0.29, 0.717) is 16.4 Å². The molecule has 7 heteroatoms. The molecule has 0 bridgehead atoms. The highest BCUT2D eigenvalue weighted by Crippen LogP contribution is 2.31. The maximum Gasteiger partial charge on any atom is 0.348 e. The lowest BCUT2D eigenvalue weighted by Crippen LogP contribution is -2.18. The summed E-state index contributed by atoms with van der Waals surface area (Å²) in [7, 11) is 2.90. The Morgan fingerprint density at radius 3 is 2.67 bits per heavy atom. The number of hydrogen-bond donors (Lipinski definition) is 1. The molecule has 0 aliphatic rings. The van der Waals surface area contributed by atoms with Crippen LogP contribution in [0.5, 0.6) is 11.5 Å². The maximum absolute atomic E-state index is 11.6. The summed E-state index contributed by atoms with van der Waals surface area (Å²) >= 11 is 1.34. The van der Waals surface area contributed by atoms with Gasteiger partial charge in [-0.2, -0.15) is 0 Å². The summed E-state index contributed by atoms with van der Waals surface area (Å²) in [6.07, 6.45) is 1.51. The first-order chi connectivity index (χ1) is 11.6. The lowest BCUT2D eigenvalue weighted by atomic mass is 10.2. The van der Waals surface area contributed by atoms with Gasteiger partial charge in [0, 0.05) is 24.0 Å². The summed E-state index contributed by atoms with van der Waals surface area (Å²) in [6.45, 7) is 0. The molecule has 0 spiro atoms. The molecule has 0 unspecified atom stereocenters. The van der Waals surface area contributed by atoms with Crippen LogP contribution in [0.3, 0.4) is 0 Å². The first-order valence-electron chi connectivity index (χ1n) is 7.08. The van der Waals surface area contributed by atoms with Gasteiger partial charge in [0.05, 0.1) is 7.11 Å². The summed E-state index contributed by atoms with van der Waals surface area (Å²) in [6, 6.07) is 10.5. The van der Waals surface area contributed by atoms with Crippen molar-refractivity contribution in [2.45, 2.75) is 0 Å². The molecule has 0 saturated heterocycles. The van der Waals surface area contributed by atoms with Gasteiger partial charge in [0.2, 0.25) is 0 Å². The monoisotopic (exact) mass is 342 g/mol. The molecular formula is C17H14N2O4S. The molecule has 3 aromatic rings. The van der Waals surface area contributed by atoms with E-state index in [0.717, 1.165) is 10.1 Å². The second kappa shape index (κ2) is 6.67. The second-order valence-corrected chi connectivity index (χ2v) is 5.94. The smallest absolute Gasteiger partial charge is 0.348 e. The predicted molar refractivity (Wildman–Crippen MR) is 90.9 cm³/mol. The molecule has 6 nitrogen and oxygen atoms in total. The van der Waals surface area contributed by atoms with Crippen LogP contribution in [0.2, 0.25) is 0 Å². The van der Waals surface area contributed by atoms with E-state index in [4.69, 9.17) is 9.47 Å². The summed E-state index contributed by atoms with van der Waals surface area (Å²) < 4.78 is 11.4. The second-order valence-electron chi connectivity index (χ2n) is 4.86. The summed E-state index contributed by atoms with van der Waals surface area (Å²) in [5, 5.41) is 3.45. The SMILES string of the molecule is CNC(=O)c1cc(Oc2ccc3cc(C(=O)OC)sc3c2)ccn1. The number of esters is 1. The van der Waals surface area contributed by atoms with E-state index in [1.807, 2.05) is 12.1 Å². The molecule has 122 valence electrons. The van der Waals surface area contributed by atoms with Crippen LogP contribution in [0, 0.1) is 0 Å². The number of amides is 1. The molecule has 0 fully saturated rings. The Morgan fingerprint density at radius 2 is 1.92 bits per heavy atom. The number of carbonyl (C=O) groups is 2. The minimum absolute atomic E-state index is 0.278. The number of aromatic nitrogens is 1. The quantitative estimate of drug-likeness (QED) is 0.737. The number of hydrogen-bond acceptors (Lipinski definition) is 6. The van der Waals surface area contributed by atoms with Crippen molar-refractivity contribution in [3.8, 4) is 11.5 Å². The van der Waals surface area contributed by atoms with E-state index in [1.165, 1.54) is 24.6 Å². The molecule has 24 heavy (non-hydrogen) atoms. The molecule has 3 rings (SSSR count). The number of nitrogens with one attached hydrogen (secondary N) is 1. The van der Waals surface area contributed by atoms with Gasteiger partial charge in [0.1, 0.15) is 22.1 Å². The van der Waals surface area contributed by atoms with Crippen molar-refractivity contribution in [2.75, 3.05) is 14.2 Å². The van der Waals surface area contributed by atoms with E-state index in [9.17, 15) is 9.59 Å². The third-order valence-electron chi connectivity index (χ3n) is 3.30. The minimum atomic E-state index is -0.358. The summed E-state index contributed by atoms with van der Waals surface area (Å²) in [5.41, 5.74) is 0.278. The van der Waals surface area contributed by atoms with Gasteiger partial charge in [0.15, 0.2) is 0 Å². The number of nitrogens with zero attached hydrogens (tertiary/aromatic N) is 1. The first-order valence-corrected chi connectivity index (χ1v) is 7.90. The highest BCUT2D eigenvalue weighted by molar-refractivity contribution is 7.20. The average molecular weight is 342 g/mol. The highest BCUT2D eigenvalue weighted by atomic mass is 32.1. The molecule has 0 atom stereocenters. The Hall–Kier alpha value is -2.93. The van der Waals surface area contributed by atoms with Crippen molar-refractivity contribution < 1.29 is 19.1 Å². The largest absolute Gasteiger partial charge is 0.465 e. The predicted octanol–water partition coefficient (Wildman–Crippen LogP) is 3.23. The third-order valence-corrected chi connectivity index (χ3v) is 4.38. The standard InChI is InChI=1S/C17H14N2O4S/c1-18-16(20)13-8-12(5-6-19-13)23-11-4-3-10-7-15(17(21)22-2)24-14(10)9-11/h3-9H,1-2H3,(H,18,20). The van der Waals surface area contributed by atoms with Crippen LogP contribution in [0.15, 0.2) is 42.6 Å². The van der Waals surface area contributed by atoms with Crippen LogP contribution in [0.25, 0.3) is 10.1 Å². The van der Waals surface area contributed by atoms with Crippen molar-refractivity contribution in [1.29, 1.82) is 0 Å². The van der Waals surface area contributed by atoms with Gasteiger partial charge in [0.25, 0.3) is 5.91 Å². The number of ether oxygens (including phenoxy) is 2. The van der Waals surface area contributed by atoms with Crippen molar-refractivity contribution >= 4 is 33.3 Å². The zero-order valence-electron chi connectivity index (χ0n) is 13.0. The van der Waals surface area contributed by atoms with Gasteiger partial charge in [-0.25, -0.2) is 4.79 Å². The van der Waals surface area contributed by atoms with Gasteiger partial charge in [-0.05, 0) is 35.7 Å². The van der Waals surface area contributed by atoms with Gasteiger partial charge < -0.3 is 14.8 Å². The fraction of sp³-hybridized carbons (Fsp3) is 0.118.